The highest BCUT2D eigenvalue weighted by molar-refractivity contribution is 6.31. The summed E-state index contributed by atoms with van der Waals surface area (Å²) in [5.41, 5.74) is 9.41. The van der Waals surface area contributed by atoms with Crippen molar-refractivity contribution in [3.8, 4) is 0 Å². The van der Waals surface area contributed by atoms with Gasteiger partial charge in [-0.15, -0.1) is 0 Å². The lowest BCUT2D eigenvalue weighted by Crippen LogP contribution is -2.36. The van der Waals surface area contributed by atoms with E-state index >= 15 is 0 Å². The quantitative estimate of drug-likeness (QED) is 0.609. The maximum atomic E-state index is 13.0. The van der Waals surface area contributed by atoms with E-state index in [1.165, 1.54) is 5.56 Å². The van der Waals surface area contributed by atoms with Crippen LogP contribution in [0, 0.1) is 0 Å². The standard InChI is InChI=1S/C20H18Cl2N4O2/c21-12-1-2-17-16(8-12)15-3-4-26(10-18(15)25-17)20(28)11-5-13(22)7-14(6-11)24-19(27)9-23/h1-2,5-8,25H,3-4,9-10,23H2,(H,24,27). The summed E-state index contributed by atoms with van der Waals surface area (Å²) in [6.45, 7) is 0.912. The molecule has 0 spiro atoms. The van der Waals surface area contributed by atoms with Gasteiger partial charge in [0.15, 0.2) is 0 Å². The van der Waals surface area contributed by atoms with E-state index in [0.29, 0.717) is 34.4 Å². The molecule has 0 saturated heterocycles. The molecular formula is C20H18Cl2N4O2. The summed E-state index contributed by atoms with van der Waals surface area (Å²) in [4.78, 5) is 29.7. The number of nitrogens with two attached hydrogens (primary N) is 1. The number of benzene rings is 2. The van der Waals surface area contributed by atoms with Crippen molar-refractivity contribution in [2.75, 3.05) is 18.4 Å². The number of rotatable bonds is 3. The number of amides is 2. The molecule has 2 amide bonds. The molecule has 3 aromatic rings. The number of nitrogens with zero attached hydrogens (tertiary/aromatic N) is 1. The fourth-order valence-corrected chi connectivity index (χ4v) is 3.97. The molecule has 0 bridgehead atoms. The van der Waals surface area contributed by atoms with Crippen LogP contribution in [0.4, 0.5) is 5.69 Å². The molecule has 4 rings (SSSR count). The number of carbonyl (C=O) groups excluding carboxylic acids is 2. The average Bonchev–Trinajstić information content (AvgIpc) is 3.03. The second-order valence-corrected chi connectivity index (χ2v) is 7.60. The smallest absolute Gasteiger partial charge is 0.254 e. The molecule has 0 saturated carbocycles. The molecule has 0 aliphatic carbocycles. The highest BCUT2D eigenvalue weighted by Crippen LogP contribution is 2.30. The molecule has 8 heteroatoms. The van der Waals surface area contributed by atoms with Gasteiger partial charge in [-0.1, -0.05) is 23.2 Å². The van der Waals surface area contributed by atoms with Crippen LogP contribution >= 0.6 is 23.2 Å². The molecule has 0 fully saturated rings. The normalized spacial score (nSPS) is 13.5. The van der Waals surface area contributed by atoms with Crippen molar-refractivity contribution in [1.29, 1.82) is 0 Å². The van der Waals surface area contributed by atoms with Crippen LogP contribution in [0.25, 0.3) is 10.9 Å². The summed E-state index contributed by atoms with van der Waals surface area (Å²) in [5.74, 6) is -0.492. The van der Waals surface area contributed by atoms with E-state index in [1.807, 2.05) is 18.2 Å². The predicted octanol–water partition coefficient (Wildman–Crippen LogP) is 3.57. The number of carbonyl (C=O) groups is 2. The van der Waals surface area contributed by atoms with Gasteiger partial charge in [-0.25, -0.2) is 0 Å². The van der Waals surface area contributed by atoms with Crippen LogP contribution in [0.3, 0.4) is 0 Å². The molecule has 0 unspecified atom stereocenters. The highest BCUT2D eigenvalue weighted by Gasteiger charge is 2.25. The number of halogens is 2. The molecule has 6 nitrogen and oxygen atoms in total. The highest BCUT2D eigenvalue weighted by atomic mass is 35.5. The number of hydrogen-bond donors (Lipinski definition) is 3. The minimum atomic E-state index is -0.347. The van der Waals surface area contributed by atoms with Gasteiger partial charge in [0, 0.05) is 44.4 Å². The fourth-order valence-electron chi connectivity index (χ4n) is 3.57. The first-order valence-electron chi connectivity index (χ1n) is 8.83. The second kappa shape index (κ2) is 7.47. The Morgan fingerprint density at radius 2 is 1.96 bits per heavy atom. The van der Waals surface area contributed by atoms with Gasteiger partial charge >= 0.3 is 0 Å². The molecule has 144 valence electrons. The van der Waals surface area contributed by atoms with E-state index in [4.69, 9.17) is 28.9 Å². The molecule has 2 aromatic carbocycles. The number of nitrogens with one attached hydrogen (secondary N) is 2. The molecular weight excluding hydrogens is 399 g/mol. The lowest BCUT2D eigenvalue weighted by molar-refractivity contribution is -0.114. The lowest BCUT2D eigenvalue weighted by atomic mass is 10.0. The Bertz CT molecular complexity index is 1090. The SMILES string of the molecule is NCC(=O)Nc1cc(Cl)cc(C(=O)N2CCc3c([nH]c4ccc(Cl)cc34)C2)c1. The number of hydrogen-bond acceptors (Lipinski definition) is 3. The second-order valence-electron chi connectivity index (χ2n) is 6.73. The summed E-state index contributed by atoms with van der Waals surface area (Å²) in [6, 6.07) is 10.5. The molecule has 1 aliphatic rings. The zero-order valence-electron chi connectivity index (χ0n) is 14.9. The fraction of sp³-hybridized carbons (Fsp3) is 0.200. The van der Waals surface area contributed by atoms with E-state index in [2.05, 4.69) is 10.3 Å². The lowest BCUT2D eigenvalue weighted by Gasteiger charge is -2.27. The minimum absolute atomic E-state index is 0.144. The van der Waals surface area contributed by atoms with Crippen LogP contribution in [0.5, 0.6) is 0 Å². The number of aromatic nitrogens is 1. The number of aromatic amines is 1. The van der Waals surface area contributed by atoms with Crippen LogP contribution in [0.15, 0.2) is 36.4 Å². The Morgan fingerprint density at radius 3 is 2.75 bits per heavy atom. The van der Waals surface area contributed by atoms with Crippen molar-refractivity contribution in [2.24, 2.45) is 5.73 Å². The van der Waals surface area contributed by atoms with Gasteiger partial charge in [0.05, 0.1) is 13.1 Å². The molecule has 1 aromatic heterocycles. The van der Waals surface area contributed by atoms with E-state index in [0.717, 1.165) is 23.0 Å². The Morgan fingerprint density at radius 1 is 1.14 bits per heavy atom. The van der Waals surface area contributed by atoms with Crippen LogP contribution in [0.1, 0.15) is 21.6 Å². The Hall–Kier alpha value is -2.54. The van der Waals surface area contributed by atoms with E-state index in [9.17, 15) is 9.59 Å². The summed E-state index contributed by atoms with van der Waals surface area (Å²) >= 11 is 12.3. The van der Waals surface area contributed by atoms with E-state index < -0.39 is 0 Å². The summed E-state index contributed by atoms with van der Waals surface area (Å²) in [6.07, 6.45) is 0.735. The molecule has 28 heavy (non-hydrogen) atoms. The zero-order chi connectivity index (χ0) is 19.8. The summed E-state index contributed by atoms with van der Waals surface area (Å²) < 4.78 is 0. The van der Waals surface area contributed by atoms with Crippen LogP contribution in [-0.2, 0) is 17.8 Å². The largest absolute Gasteiger partial charge is 0.357 e. The Labute approximate surface area is 171 Å². The Balaban J connectivity index is 1.60. The van der Waals surface area contributed by atoms with Crippen LogP contribution in [0.2, 0.25) is 10.0 Å². The van der Waals surface area contributed by atoms with Gasteiger partial charge in [-0.3, -0.25) is 9.59 Å². The predicted molar refractivity (Wildman–Crippen MR) is 111 cm³/mol. The molecule has 2 heterocycles. The average molecular weight is 417 g/mol. The number of anilines is 1. The molecule has 0 atom stereocenters. The molecule has 1 aliphatic heterocycles. The van der Waals surface area contributed by atoms with E-state index in [-0.39, 0.29) is 18.4 Å². The van der Waals surface area contributed by atoms with Gasteiger partial charge in [0.25, 0.3) is 5.91 Å². The third-order valence-corrected chi connectivity index (χ3v) is 5.29. The minimum Gasteiger partial charge on any atom is -0.357 e. The topological polar surface area (TPSA) is 91.2 Å². The van der Waals surface area contributed by atoms with Crippen molar-refractivity contribution < 1.29 is 9.59 Å². The van der Waals surface area contributed by atoms with Gasteiger partial charge in [-0.05, 0) is 48.4 Å². The van der Waals surface area contributed by atoms with Crippen LogP contribution < -0.4 is 11.1 Å². The van der Waals surface area contributed by atoms with Crippen LogP contribution in [-0.4, -0.2) is 34.8 Å². The maximum Gasteiger partial charge on any atom is 0.254 e. The van der Waals surface area contributed by atoms with Crippen molar-refractivity contribution in [3.05, 3.63) is 63.3 Å². The first kappa shape index (κ1) is 18.8. The Kier molecular flexibility index (Phi) is 5.02. The van der Waals surface area contributed by atoms with Crippen molar-refractivity contribution in [2.45, 2.75) is 13.0 Å². The maximum absolute atomic E-state index is 13.0. The number of fused-ring (bicyclic) bond motifs is 3. The van der Waals surface area contributed by atoms with Crippen molar-refractivity contribution in [3.63, 3.8) is 0 Å². The van der Waals surface area contributed by atoms with Crippen molar-refractivity contribution >= 4 is 51.6 Å². The van der Waals surface area contributed by atoms with Crippen molar-refractivity contribution in [1.82, 2.24) is 9.88 Å². The molecule has 4 N–H and O–H groups in total. The van der Waals surface area contributed by atoms with Gasteiger partial charge < -0.3 is 20.9 Å². The number of H-pyrrole nitrogens is 1. The third-order valence-electron chi connectivity index (χ3n) is 4.84. The first-order valence-corrected chi connectivity index (χ1v) is 9.59. The van der Waals surface area contributed by atoms with Gasteiger partial charge in [0.2, 0.25) is 5.91 Å². The summed E-state index contributed by atoms with van der Waals surface area (Å²) in [5, 5.41) is 4.80. The first-order chi connectivity index (χ1) is 13.4. The van der Waals surface area contributed by atoms with Gasteiger partial charge in [-0.2, -0.15) is 0 Å². The summed E-state index contributed by atoms with van der Waals surface area (Å²) in [7, 11) is 0. The zero-order valence-corrected chi connectivity index (χ0v) is 16.4. The van der Waals surface area contributed by atoms with E-state index in [1.54, 1.807) is 23.1 Å². The third kappa shape index (κ3) is 3.58. The molecule has 0 radical (unpaired) electrons. The monoisotopic (exact) mass is 416 g/mol. The van der Waals surface area contributed by atoms with Gasteiger partial charge in [0.1, 0.15) is 0 Å².